The van der Waals surface area contributed by atoms with Crippen LogP contribution in [0.2, 0.25) is 0 Å². The van der Waals surface area contributed by atoms with Crippen molar-refractivity contribution < 1.29 is 14.0 Å². The van der Waals surface area contributed by atoms with Crippen LogP contribution in [0.4, 0.5) is 4.39 Å². The zero-order valence-corrected chi connectivity index (χ0v) is 11.1. The molecular formula is C15H15FN2O2. The third kappa shape index (κ3) is 4.12. The highest BCUT2D eigenvalue weighted by Crippen LogP contribution is 2.08. The van der Waals surface area contributed by atoms with Crippen LogP contribution >= 0.6 is 0 Å². The lowest BCUT2D eigenvalue weighted by atomic mass is 10.1. The summed E-state index contributed by atoms with van der Waals surface area (Å²) in [6.45, 7) is 1.50. The Hall–Kier alpha value is -2.30. The Kier molecular flexibility index (Phi) is 4.40. The van der Waals surface area contributed by atoms with Gasteiger partial charge in [-0.25, -0.2) is 4.39 Å². The van der Waals surface area contributed by atoms with Crippen molar-refractivity contribution in [3.63, 3.8) is 0 Å². The lowest BCUT2D eigenvalue weighted by Gasteiger charge is -1.99. The predicted octanol–water partition coefficient (Wildman–Crippen LogP) is 2.03. The summed E-state index contributed by atoms with van der Waals surface area (Å²) in [5.74, 6) is -0.360. The lowest BCUT2D eigenvalue weighted by Crippen LogP contribution is -2.07. The van der Waals surface area contributed by atoms with Gasteiger partial charge in [0.1, 0.15) is 17.4 Å². The van der Waals surface area contributed by atoms with E-state index in [-0.39, 0.29) is 36.6 Å². The Morgan fingerprint density at radius 3 is 2.70 bits per heavy atom. The van der Waals surface area contributed by atoms with Gasteiger partial charge in [-0.05, 0) is 30.7 Å². The molecule has 0 radical (unpaired) electrons. The van der Waals surface area contributed by atoms with E-state index in [0.717, 1.165) is 0 Å². The number of nitrogens with zero attached hydrogens (tertiary/aromatic N) is 1. The molecule has 0 amide bonds. The number of hydrogen-bond acceptors (Lipinski definition) is 3. The molecule has 0 fully saturated rings. The van der Waals surface area contributed by atoms with Crippen LogP contribution in [0.5, 0.6) is 0 Å². The molecule has 0 unspecified atom stereocenters. The molecule has 0 atom stereocenters. The smallest absolute Gasteiger partial charge is 0.143 e. The number of ketones is 2. The van der Waals surface area contributed by atoms with Crippen LogP contribution in [-0.2, 0) is 28.9 Å². The first kappa shape index (κ1) is 14.1. The van der Waals surface area contributed by atoms with Crippen molar-refractivity contribution in [2.45, 2.75) is 26.2 Å². The molecule has 2 rings (SSSR count). The summed E-state index contributed by atoms with van der Waals surface area (Å²) < 4.78 is 13.0. The summed E-state index contributed by atoms with van der Waals surface area (Å²) in [7, 11) is 0. The molecule has 0 saturated heterocycles. The van der Waals surface area contributed by atoms with Gasteiger partial charge < -0.3 is 0 Å². The van der Waals surface area contributed by atoms with Crippen LogP contribution in [0.3, 0.4) is 0 Å². The maximum atomic E-state index is 13.0. The van der Waals surface area contributed by atoms with Gasteiger partial charge in [0.15, 0.2) is 0 Å². The van der Waals surface area contributed by atoms with E-state index in [1.54, 1.807) is 18.2 Å². The van der Waals surface area contributed by atoms with Crippen LogP contribution in [0.25, 0.3) is 0 Å². The van der Waals surface area contributed by atoms with Crippen molar-refractivity contribution >= 4 is 11.6 Å². The van der Waals surface area contributed by atoms with Gasteiger partial charge in [-0.2, -0.15) is 5.10 Å². The van der Waals surface area contributed by atoms with E-state index in [2.05, 4.69) is 10.2 Å². The Labute approximate surface area is 116 Å². The second kappa shape index (κ2) is 6.23. The maximum absolute atomic E-state index is 13.0. The van der Waals surface area contributed by atoms with Crippen LogP contribution < -0.4 is 0 Å². The highest BCUT2D eigenvalue weighted by Gasteiger charge is 2.09. The van der Waals surface area contributed by atoms with Gasteiger partial charge in [-0.1, -0.05) is 12.1 Å². The van der Waals surface area contributed by atoms with Gasteiger partial charge in [0.2, 0.25) is 0 Å². The van der Waals surface area contributed by atoms with E-state index in [4.69, 9.17) is 0 Å². The van der Waals surface area contributed by atoms with Crippen LogP contribution in [0, 0.1) is 5.82 Å². The Morgan fingerprint density at radius 1 is 1.20 bits per heavy atom. The maximum Gasteiger partial charge on any atom is 0.143 e. The number of carbonyl (C=O) groups is 2. The molecule has 104 valence electrons. The number of nitrogens with one attached hydrogen (secondary N) is 1. The van der Waals surface area contributed by atoms with Crippen LogP contribution in [-0.4, -0.2) is 21.8 Å². The van der Waals surface area contributed by atoms with Crippen molar-refractivity contribution in [1.82, 2.24) is 10.2 Å². The topological polar surface area (TPSA) is 62.8 Å². The summed E-state index contributed by atoms with van der Waals surface area (Å²) in [6, 6.07) is 7.70. The number of H-pyrrole nitrogens is 1. The molecule has 4 nitrogen and oxygen atoms in total. The van der Waals surface area contributed by atoms with Crippen LogP contribution in [0.1, 0.15) is 23.9 Å². The van der Waals surface area contributed by atoms with Crippen molar-refractivity contribution in [2.75, 3.05) is 0 Å². The highest BCUT2D eigenvalue weighted by molar-refractivity contribution is 5.83. The van der Waals surface area contributed by atoms with E-state index in [1.165, 1.54) is 19.1 Å². The molecule has 0 spiro atoms. The van der Waals surface area contributed by atoms with E-state index in [9.17, 15) is 14.0 Å². The van der Waals surface area contributed by atoms with E-state index in [1.807, 2.05) is 0 Å². The zero-order valence-electron chi connectivity index (χ0n) is 11.1. The number of hydrogen-bond donors (Lipinski definition) is 1. The molecule has 1 aromatic heterocycles. The molecule has 0 saturated carbocycles. The molecule has 0 aliphatic rings. The molecule has 20 heavy (non-hydrogen) atoms. The summed E-state index contributed by atoms with van der Waals surface area (Å²) in [5.41, 5.74) is 1.95. The number of aromatic amines is 1. The Bertz CT molecular complexity index is 634. The van der Waals surface area contributed by atoms with E-state index in [0.29, 0.717) is 17.0 Å². The van der Waals surface area contributed by atoms with E-state index < -0.39 is 0 Å². The van der Waals surface area contributed by atoms with Gasteiger partial charge in [-0.3, -0.25) is 14.7 Å². The average Bonchev–Trinajstić information content (AvgIpc) is 2.75. The number of carbonyl (C=O) groups excluding carboxylic acids is 2. The molecule has 2 aromatic rings. The van der Waals surface area contributed by atoms with E-state index >= 15 is 0 Å². The summed E-state index contributed by atoms with van der Waals surface area (Å²) in [5, 5.41) is 6.73. The fraction of sp³-hybridized carbons (Fsp3) is 0.267. The first-order valence-electron chi connectivity index (χ1n) is 6.31. The average molecular weight is 274 g/mol. The molecule has 0 aliphatic heterocycles. The Balaban J connectivity index is 1.94. The van der Waals surface area contributed by atoms with Crippen molar-refractivity contribution in [1.29, 1.82) is 0 Å². The van der Waals surface area contributed by atoms with Gasteiger partial charge in [-0.15, -0.1) is 0 Å². The summed E-state index contributed by atoms with van der Waals surface area (Å²) in [4.78, 5) is 22.8. The fourth-order valence-electron chi connectivity index (χ4n) is 2.00. The second-order valence-corrected chi connectivity index (χ2v) is 4.79. The first-order chi connectivity index (χ1) is 9.52. The molecule has 1 N–H and O–H groups in total. The van der Waals surface area contributed by atoms with Gasteiger partial charge in [0.25, 0.3) is 0 Å². The number of aromatic nitrogens is 2. The first-order valence-corrected chi connectivity index (χ1v) is 6.31. The molecular weight excluding hydrogens is 259 g/mol. The fourth-order valence-corrected chi connectivity index (χ4v) is 2.00. The largest absolute Gasteiger partial charge is 0.300 e. The summed E-state index contributed by atoms with van der Waals surface area (Å²) in [6.07, 6.45) is 0.628. The van der Waals surface area contributed by atoms with Gasteiger partial charge in [0, 0.05) is 18.5 Å². The summed E-state index contributed by atoms with van der Waals surface area (Å²) >= 11 is 0. The van der Waals surface area contributed by atoms with Crippen molar-refractivity contribution in [3.8, 4) is 0 Å². The monoisotopic (exact) mass is 274 g/mol. The number of rotatable bonds is 6. The molecule has 0 aliphatic carbocycles. The minimum absolute atomic E-state index is 0.0336. The SMILES string of the molecule is CC(=O)Cc1cc(CC(=O)Cc2cccc(F)c2)n[nH]1. The molecule has 1 heterocycles. The van der Waals surface area contributed by atoms with Crippen molar-refractivity contribution in [2.24, 2.45) is 0 Å². The third-order valence-electron chi connectivity index (χ3n) is 2.79. The van der Waals surface area contributed by atoms with Crippen molar-refractivity contribution in [3.05, 3.63) is 53.1 Å². The zero-order chi connectivity index (χ0) is 14.5. The Morgan fingerprint density at radius 2 is 2.00 bits per heavy atom. The molecule has 5 heteroatoms. The minimum Gasteiger partial charge on any atom is -0.300 e. The quantitative estimate of drug-likeness (QED) is 0.876. The lowest BCUT2D eigenvalue weighted by molar-refractivity contribution is -0.118. The standard InChI is InChI=1S/C15H15FN2O2/c1-10(19)5-13-8-14(18-17-13)9-15(20)7-11-3-2-4-12(16)6-11/h2-4,6,8H,5,7,9H2,1H3,(H,17,18). The number of benzene rings is 1. The molecule has 1 aromatic carbocycles. The van der Waals surface area contributed by atoms with Gasteiger partial charge in [0.05, 0.1) is 12.1 Å². The second-order valence-electron chi connectivity index (χ2n) is 4.79. The minimum atomic E-state index is -0.348. The van der Waals surface area contributed by atoms with Crippen LogP contribution in [0.15, 0.2) is 30.3 Å². The van der Waals surface area contributed by atoms with Gasteiger partial charge >= 0.3 is 0 Å². The highest BCUT2D eigenvalue weighted by atomic mass is 19.1. The molecule has 0 bridgehead atoms. The number of halogens is 1. The predicted molar refractivity (Wildman–Crippen MR) is 71.8 cm³/mol. The third-order valence-corrected chi connectivity index (χ3v) is 2.79. The normalized spacial score (nSPS) is 10.5. The number of Topliss-reactive ketones (excluding diaryl/α,β-unsaturated/α-hetero) is 2.